The Morgan fingerprint density at radius 2 is 1.86 bits per heavy atom. The van der Waals surface area contributed by atoms with Crippen LogP contribution < -0.4 is 9.47 Å². The van der Waals surface area contributed by atoms with Gasteiger partial charge in [-0.15, -0.1) is 0 Å². The highest BCUT2D eigenvalue weighted by molar-refractivity contribution is 5.95. The molecule has 14 nitrogen and oxygen atoms in total. The van der Waals surface area contributed by atoms with E-state index in [1.54, 1.807) is 0 Å². The van der Waals surface area contributed by atoms with Gasteiger partial charge in [0.15, 0.2) is 17.6 Å². The lowest BCUT2D eigenvalue weighted by molar-refractivity contribution is -0.385. The van der Waals surface area contributed by atoms with Crippen LogP contribution in [0.2, 0.25) is 0 Å². The standard InChI is InChI=1S/C22H21NO13/c1-32-8-3-4-9(11(5-8)23(30)31)21(28)34-7-13-15(25)17(27)20-19(35-13)14-10(22(29)36-20)6-12(24)18(33-2)16(14)26/h3-6,13,15,17,19-20,24-27H,7H2,1-2H3/t13-,15-,17+,19+,20-/m1/s1. The number of phenols is 2. The third-order valence-electron chi connectivity index (χ3n) is 5.91. The van der Waals surface area contributed by atoms with Crippen LogP contribution in [0.5, 0.6) is 23.0 Å². The smallest absolute Gasteiger partial charge is 0.345 e. The summed E-state index contributed by atoms with van der Waals surface area (Å²) in [6, 6.07) is 4.49. The molecule has 1 saturated heterocycles. The molecular weight excluding hydrogens is 486 g/mol. The van der Waals surface area contributed by atoms with Crippen LogP contribution in [-0.4, -0.2) is 82.5 Å². The summed E-state index contributed by atoms with van der Waals surface area (Å²) in [5, 5.41) is 53.1. The molecular formula is C22H21NO13. The molecule has 0 amide bonds. The number of nitro benzene ring substituents is 1. The van der Waals surface area contributed by atoms with Crippen molar-refractivity contribution in [1.29, 1.82) is 0 Å². The van der Waals surface area contributed by atoms with Gasteiger partial charge in [0.05, 0.1) is 30.8 Å². The molecule has 2 heterocycles. The second kappa shape index (κ2) is 9.49. The number of esters is 2. The maximum atomic E-state index is 12.6. The molecule has 2 aromatic rings. The van der Waals surface area contributed by atoms with Crippen molar-refractivity contribution in [2.45, 2.75) is 30.5 Å². The normalized spacial score (nSPS) is 24.7. The van der Waals surface area contributed by atoms with Crippen molar-refractivity contribution in [3.63, 3.8) is 0 Å². The number of fused-ring (bicyclic) bond motifs is 3. The van der Waals surface area contributed by atoms with E-state index in [1.807, 2.05) is 0 Å². The maximum absolute atomic E-state index is 12.6. The van der Waals surface area contributed by atoms with Gasteiger partial charge in [-0.3, -0.25) is 10.1 Å². The zero-order valence-corrected chi connectivity index (χ0v) is 18.8. The molecule has 192 valence electrons. The van der Waals surface area contributed by atoms with Crippen LogP contribution >= 0.6 is 0 Å². The van der Waals surface area contributed by atoms with Crippen LogP contribution in [0.3, 0.4) is 0 Å². The summed E-state index contributed by atoms with van der Waals surface area (Å²) in [6.45, 7) is -0.664. The second-order valence-corrected chi connectivity index (χ2v) is 7.92. The van der Waals surface area contributed by atoms with Crippen molar-refractivity contribution in [2.24, 2.45) is 0 Å². The number of rotatable bonds is 6. The number of methoxy groups -OCH3 is 2. The Labute approximate surface area is 202 Å². The summed E-state index contributed by atoms with van der Waals surface area (Å²) in [5.74, 6) is -3.52. The molecule has 2 aromatic carbocycles. The summed E-state index contributed by atoms with van der Waals surface area (Å²) < 4.78 is 25.9. The SMILES string of the molecule is COc1ccc(C(=O)OC[C@H]2O[C@H]3c4c(cc(O)c(OC)c4O)C(=O)O[C@@H]3[C@@H](O)[C@@H]2O)c([N+](=O)[O-])c1. The molecule has 2 aliphatic rings. The number of aliphatic hydroxyl groups excluding tert-OH is 2. The Morgan fingerprint density at radius 1 is 1.14 bits per heavy atom. The van der Waals surface area contributed by atoms with Crippen LogP contribution in [-0.2, 0) is 14.2 Å². The van der Waals surface area contributed by atoms with Crippen LogP contribution in [0.25, 0.3) is 0 Å². The van der Waals surface area contributed by atoms with Gasteiger partial charge in [0.2, 0.25) is 5.75 Å². The minimum Gasteiger partial charge on any atom is -0.504 e. The van der Waals surface area contributed by atoms with Gasteiger partial charge in [-0.25, -0.2) is 9.59 Å². The van der Waals surface area contributed by atoms with E-state index in [2.05, 4.69) is 0 Å². The highest BCUT2D eigenvalue weighted by atomic mass is 16.6. The Bertz CT molecular complexity index is 1230. The molecule has 0 spiro atoms. The number of nitro groups is 1. The molecule has 14 heteroatoms. The fourth-order valence-corrected chi connectivity index (χ4v) is 4.14. The van der Waals surface area contributed by atoms with Gasteiger partial charge in [-0.2, -0.15) is 0 Å². The predicted molar refractivity (Wildman–Crippen MR) is 115 cm³/mol. The van der Waals surface area contributed by atoms with Gasteiger partial charge < -0.3 is 44.1 Å². The van der Waals surface area contributed by atoms with E-state index >= 15 is 0 Å². The summed E-state index contributed by atoms with van der Waals surface area (Å²) in [5.41, 5.74) is -1.40. The summed E-state index contributed by atoms with van der Waals surface area (Å²) in [4.78, 5) is 35.6. The summed E-state index contributed by atoms with van der Waals surface area (Å²) in [6.07, 6.45) is -7.62. The number of aromatic hydroxyl groups is 2. The monoisotopic (exact) mass is 507 g/mol. The first-order valence-electron chi connectivity index (χ1n) is 10.4. The van der Waals surface area contributed by atoms with Crippen molar-refractivity contribution < 1.29 is 58.6 Å². The van der Waals surface area contributed by atoms with Crippen molar-refractivity contribution in [2.75, 3.05) is 20.8 Å². The summed E-state index contributed by atoms with van der Waals surface area (Å²) >= 11 is 0. The molecule has 2 aliphatic heterocycles. The largest absolute Gasteiger partial charge is 0.504 e. The Hall–Kier alpha value is -4.14. The number of phenolic OH excluding ortho intramolecular Hbond substituents is 2. The number of aliphatic hydroxyl groups is 2. The number of hydrogen-bond donors (Lipinski definition) is 4. The molecule has 4 rings (SSSR count). The molecule has 0 unspecified atom stereocenters. The minimum atomic E-state index is -1.72. The topological polar surface area (TPSA) is 204 Å². The van der Waals surface area contributed by atoms with Gasteiger partial charge in [0.1, 0.15) is 42.3 Å². The first-order chi connectivity index (χ1) is 17.1. The van der Waals surface area contributed by atoms with Crippen LogP contribution in [0.15, 0.2) is 24.3 Å². The average Bonchev–Trinajstić information content (AvgIpc) is 2.85. The maximum Gasteiger partial charge on any atom is 0.345 e. The molecule has 0 saturated carbocycles. The Balaban J connectivity index is 1.60. The Morgan fingerprint density at radius 3 is 2.50 bits per heavy atom. The zero-order valence-electron chi connectivity index (χ0n) is 18.8. The van der Waals surface area contributed by atoms with Crippen molar-refractivity contribution in [1.82, 2.24) is 0 Å². The highest BCUT2D eigenvalue weighted by Crippen LogP contribution is 2.49. The molecule has 0 aliphatic carbocycles. The quantitative estimate of drug-likeness (QED) is 0.240. The fraction of sp³-hybridized carbons (Fsp3) is 0.364. The third kappa shape index (κ3) is 4.10. The molecule has 5 atom stereocenters. The number of carbonyl (C=O) groups excluding carboxylic acids is 2. The van der Waals surface area contributed by atoms with Gasteiger partial charge >= 0.3 is 11.9 Å². The first kappa shape index (κ1) is 25.0. The predicted octanol–water partition coefficient (Wildman–Crippen LogP) is 0.581. The zero-order chi connectivity index (χ0) is 26.3. The molecule has 0 bridgehead atoms. The molecule has 0 radical (unpaired) electrons. The van der Waals surface area contributed by atoms with Crippen molar-refractivity contribution in [3.8, 4) is 23.0 Å². The number of carbonyl (C=O) groups is 2. The van der Waals surface area contributed by atoms with Gasteiger partial charge in [0.25, 0.3) is 5.69 Å². The number of benzene rings is 2. The molecule has 36 heavy (non-hydrogen) atoms. The lowest BCUT2D eigenvalue weighted by atomic mass is 9.86. The number of hydrogen-bond acceptors (Lipinski definition) is 13. The van der Waals surface area contributed by atoms with Crippen molar-refractivity contribution >= 4 is 17.6 Å². The van der Waals surface area contributed by atoms with E-state index in [-0.39, 0.29) is 28.2 Å². The van der Waals surface area contributed by atoms with E-state index in [4.69, 9.17) is 23.7 Å². The van der Waals surface area contributed by atoms with Gasteiger partial charge in [-0.1, -0.05) is 0 Å². The highest BCUT2D eigenvalue weighted by Gasteiger charge is 2.52. The summed E-state index contributed by atoms with van der Waals surface area (Å²) in [7, 11) is 2.47. The lowest BCUT2D eigenvalue weighted by Gasteiger charge is -2.44. The van der Waals surface area contributed by atoms with E-state index in [1.165, 1.54) is 20.3 Å². The fourth-order valence-electron chi connectivity index (χ4n) is 4.14. The minimum absolute atomic E-state index is 0.144. The number of ether oxygens (including phenoxy) is 5. The van der Waals surface area contributed by atoms with E-state index in [0.717, 1.165) is 18.2 Å². The first-order valence-corrected chi connectivity index (χ1v) is 10.4. The van der Waals surface area contributed by atoms with E-state index in [0.29, 0.717) is 0 Å². The Kier molecular flexibility index (Phi) is 6.58. The molecule has 1 fully saturated rings. The van der Waals surface area contributed by atoms with E-state index < -0.39 is 71.2 Å². The van der Waals surface area contributed by atoms with E-state index in [9.17, 15) is 40.1 Å². The third-order valence-corrected chi connectivity index (χ3v) is 5.91. The lowest BCUT2D eigenvalue weighted by Crippen LogP contribution is -2.58. The number of nitrogens with zero attached hydrogens (tertiary/aromatic N) is 1. The van der Waals surface area contributed by atoms with Gasteiger partial charge in [0, 0.05) is 5.56 Å². The average molecular weight is 507 g/mol. The van der Waals surface area contributed by atoms with Gasteiger partial charge in [-0.05, 0) is 18.2 Å². The van der Waals surface area contributed by atoms with Crippen LogP contribution in [0.4, 0.5) is 5.69 Å². The van der Waals surface area contributed by atoms with Crippen LogP contribution in [0.1, 0.15) is 32.4 Å². The molecule has 4 N–H and O–H groups in total. The second-order valence-electron chi connectivity index (χ2n) is 7.92. The molecule has 0 aromatic heterocycles. The van der Waals surface area contributed by atoms with Crippen molar-refractivity contribution in [3.05, 3.63) is 51.1 Å². The van der Waals surface area contributed by atoms with Crippen LogP contribution in [0, 0.1) is 10.1 Å².